The van der Waals surface area contributed by atoms with E-state index in [2.05, 4.69) is 10.3 Å². The van der Waals surface area contributed by atoms with E-state index in [0.29, 0.717) is 17.4 Å². The van der Waals surface area contributed by atoms with Crippen LogP contribution >= 0.6 is 0 Å². The Hall–Kier alpha value is -3.28. The number of halogens is 1. The third-order valence-corrected chi connectivity index (χ3v) is 4.42. The molecule has 0 aliphatic heterocycles. The number of carbonyl (C=O) groups is 2. The summed E-state index contributed by atoms with van der Waals surface area (Å²) in [5.74, 6) is -0.999. The quantitative estimate of drug-likeness (QED) is 0.634. The molecular formula is C23H25FN2O3. The molecule has 2 N–H and O–H groups in total. The van der Waals surface area contributed by atoms with Crippen LogP contribution in [0.3, 0.4) is 0 Å². The maximum Gasteiger partial charge on any atom is 0.224 e. The second-order valence-electron chi connectivity index (χ2n) is 6.38. The lowest BCUT2D eigenvalue weighted by Crippen LogP contribution is -2.20. The van der Waals surface area contributed by atoms with Crippen LogP contribution in [-0.4, -0.2) is 28.8 Å². The number of phenols is 1. The number of aromatic hydroxyl groups is 1. The summed E-state index contributed by atoms with van der Waals surface area (Å²) in [6.45, 7) is 5.35. The average Bonchev–Trinajstić information content (AvgIpc) is 2.72. The second kappa shape index (κ2) is 9.78. The van der Waals surface area contributed by atoms with Crippen LogP contribution in [0.15, 0.2) is 42.6 Å². The molecular weight excluding hydrogens is 371 g/mol. The summed E-state index contributed by atoms with van der Waals surface area (Å²) in [4.78, 5) is 28.0. The molecule has 6 heteroatoms. The van der Waals surface area contributed by atoms with Crippen LogP contribution in [0.1, 0.15) is 47.8 Å². The van der Waals surface area contributed by atoms with Gasteiger partial charge in [0.1, 0.15) is 11.3 Å². The smallest absolute Gasteiger partial charge is 0.224 e. The molecule has 0 bridgehead atoms. The number of carbonyl (C=O) groups excluding carboxylic acids is 2. The average molecular weight is 396 g/mol. The van der Waals surface area contributed by atoms with Gasteiger partial charge in [0.25, 0.3) is 0 Å². The highest BCUT2D eigenvalue weighted by Crippen LogP contribution is 2.32. The van der Waals surface area contributed by atoms with Crippen molar-refractivity contribution in [2.45, 2.75) is 33.6 Å². The largest absolute Gasteiger partial charge is 0.505 e. The van der Waals surface area contributed by atoms with Gasteiger partial charge in [-0.15, -0.1) is 0 Å². The molecule has 5 nitrogen and oxygen atoms in total. The monoisotopic (exact) mass is 396 g/mol. The van der Waals surface area contributed by atoms with Crippen molar-refractivity contribution in [1.82, 2.24) is 10.3 Å². The molecule has 0 aliphatic rings. The number of amides is 1. The number of aromatic nitrogens is 1. The summed E-state index contributed by atoms with van der Waals surface area (Å²) < 4.78 is 13.1. The Morgan fingerprint density at radius 3 is 2.34 bits per heavy atom. The molecule has 0 fully saturated rings. The highest BCUT2D eigenvalue weighted by atomic mass is 19.1. The lowest BCUT2D eigenvalue weighted by atomic mass is 9.96. The summed E-state index contributed by atoms with van der Waals surface area (Å²) in [5, 5.41) is 13.6. The number of fused-ring (bicyclic) bond motifs is 1. The molecule has 3 aromatic rings. The van der Waals surface area contributed by atoms with Gasteiger partial charge >= 0.3 is 0 Å². The number of hydrogen-bond donors (Lipinski definition) is 2. The van der Waals surface area contributed by atoms with Gasteiger partial charge in [0.15, 0.2) is 11.5 Å². The van der Waals surface area contributed by atoms with Gasteiger partial charge in [-0.3, -0.25) is 14.6 Å². The number of benzene rings is 2. The van der Waals surface area contributed by atoms with E-state index in [1.807, 2.05) is 19.9 Å². The van der Waals surface area contributed by atoms with E-state index in [9.17, 15) is 19.1 Å². The zero-order valence-electron chi connectivity index (χ0n) is 17.0. The van der Waals surface area contributed by atoms with Gasteiger partial charge in [-0.05, 0) is 54.3 Å². The maximum atomic E-state index is 13.1. The molecule has 2 aromatic carbocycles. The fourth-order valence-electron chi connectivity index (χ4n) is 3.00. The first-order valence-corrected chi connectivity index (χ1v) is 9.48. The van der Waals surface area contributed by atoms with E-state index in [1.165, 1.54) is 26.1 Å². The highest BCUT2D eigenvalue weighted by molar-refractivity contribution is 6.04. The molecule has 0 saturated carbocycles. The standard InChI is InChI=1S/C21H19FN2O3.C2H6/c1-12(25)17-9-15(10-19(26)23-2)18-8-14(11-24-20(18)21(17)27)7-13-3-5-16(22)6-4-13;1-2/h3-6,8-9,11,27H,7,10H2,1-2H3,(H,23,26);1-2H3. The van der Waals surface area contributed by atoms with Crippen LogP contribution in [0, 0.1) is 5.82 Å². The summed E-state index contributed by atoms with van der Waals surface area (Å²) in [7, 11) is 1.54. The van der Waals surface area contributed by atoms with Crippen molar-refractivity contribution < 1.29 is 19.1 Å². The molecule has 0 saturated heterocycles. The first-order valence-electron chi connectivity index (χ1n) is 9.48. The Balaban J connectivity index is 0.00000145. The van der Waals surface area contributed by atoms with Gasteiger partial charge < -0.3 is 10.4 Å². The summed E-state index contributed by atoms with van der Waals surface area (Å²) in [5.41, 5.74) is 2.79. The minimum Gasteiger partial charge on any atom is -0.505 e. The van der Waals surface area contributed by atoms with Crippen LogP contribution in [0.25, 0.3) is 10.9 Å². The summed E-state index contributed by atoms with van der Waals surface area (Å²) >= 11 is 0. The zero-order chi connectivity index (χ0) is 21.6. The number of pyridine rings is 1. The first kappa shape index (κ1) is 22.0. The van der Waals surface area contributed by atoms with Crippen LogP contribution in [0.4, 0.5) is 4.39 Å². The summed E-state index contributed by atoms with van der Waals surface area (Å²) in [6, 6.07) is 9.56. The van der Waals surface area contributed by atoms with Crippen molar-refractivity contribution in [2.24, 2.45) is 0 Å². The van der Waals surface area contributed by atoms with E-state index < -0.39 is 0 Å². The second-order valence-corrected chi connectivity index (χ2v) is 6.38. The predicted molar refractivity (Wildman–Crippen MR) is 112 cm³/mol. The van der Waals surface area contributed by atoms with E-state index in [0.717, 1.165) is 11.1 Å². The molecule has 152 valence electrons. The van der Waals surface area contributed by atoms with Crippen LogP contribution in [0.2, 0.25) is 0 Å². The van der Waals surface area contributed by atoms with E-state index in [-0.39, 0.29) is 40.8 Å². The van der Waals surface area contributed by atoms with Crippen LogP contribution in [0.5, 0.6) is 5.75 Å². The van der Waals surface area contributed by atoms with Gasteiger partial charge in [0.05, 0.1) is 12.0 Å². The minimum absolute atomic E-state index is 0.0647. The van der Waals surface area contributed by atoms with Crippen molar-refractivity contribution in [1.29, 1.82) is 0 Å². The Bertz CT molecular complexity index is 1030. The van der Waals surface area contributed by atoms with Crippen LogP contribution < -0.4 is 5.32 Å². The Labute approximate surface area is 169 Å². The first-order chi connectivity index (χ1) is 13.9. The van der Waals surface area contributed by atoms with Gasteiger partial charge in [0.2, 0.25) is 5.91 Å². The van der Waals surface area contributed by atoms with Gasteiger partial charge in [0, 0.05) is 18.6 Å². The van der Waals surface area contributed by atoms with Crippen molar-refractivity contribution in [2.75, 3.05) is 7.05 Å². The SMILES string of the molecule is CC.CNC(=O)Cc1cc(C(C)=O)c(O)c2ncc(Cc3ccc(F)cc3)cc12. The molecule has 0 aliphatic carbocycles. The Kier molecular flexibility index (Phi) is 7.42. The maximum absolute atomic E-state index is 13.1. The number of Topliss-reactive ketones (excluding diaryl/α,β-unsaturated/α-hetero) is 1. The fourth-order valence-corrected chi connectivity index (χ4v) is 3.00. The number of likely N-dealkylation sites (N-methyl/N-ethyl adjacent to an activating group) is 1. The van der Waals surface area contributed by atoms with Crippen molar-refractivity contribution in [3.05, 3.63) is 70.7 Å². The van der Waals surface area contributed by atoms with Gasteiger partial charge in [-0.25, -0.2) is 4.39 Å². The highest BCUT2D eigenvalue weighted by Gasteiger charge is 2.17. The number of ketones is 1. The van der Waals surface area contributed by atoms with Gasteiger partial charge in [-0.2, -0.15) is 0 Å². The number of nitrogens with zero attached hydrogens (tertiary/aromatic N) is 1. The molecule has 3 rings (SSSR count). The normalized spacial score (nSPS) is 10.2. The van der Waals surface area contributed by atoms with E-state index in [4.69, 9.17) is 0 Å². The zero-order valence-corrected chi connectivity index (χ0v) is 17.0. The van der Waals surface area contributed by atoms with Crippen molar-refractivity contribution >= 4 is 22.6 Å². The minimum atomic E-state index is -0.301. The Morgan fingerprint density at radius 2 is 1.76 bits per heavy atom. The molecule has 0 spiro atoms. The molecule has 0 atom stereocenters. The number of phenolic OH excluding ortho intramolecular Hbond substituents is 1. The summed E-state index contributed by atoms with van der Waals surface area (Å²) in [6.07, 6.45) is 2.20. The Morgan fingerprint density at radius 1 is 1.10 bits per heavy atom. The molecule has 0 radical (unpaired) electrons. The molecule has 29 heavy (non-hydrogen) atoms. The molecule has 0 unspecified atom stereocenters. The molecule has 1 aromatic heterocycles. The number of rotatable bonds is 5. The van der Waals surface area contributed by atoms with Gasteiger partial charge in [-0.1, -0.05) is 26.0 Å². The third kappa shape index (κ3) is 5.16. The van der Waals surface area contributed by atoms with Crippen LogP contribution in [-0.2, 0) is 17.6 Å². The topological polar surface area (TPSA) is 79.3 Å². The predicted octanol–water partition coefficient (Wildman–Crippen LogP) is 4.19. The lowest BCUT2D eigenvalue weighted by molar-refractivity contribution is -0.119. The lowest BCUT2D eigenvalue weighted by Gasteiger charge is -2.12. The number of hydrogen-bond acceptors (Lipinski definition) is 4. The fraction of sp³-hybridized carbons (Fsp3) is 0.261. The third-order valence-electron chi connectivity index (χ3n) is 4.42. The molecule has 1 amide bonds. The number of nitrogens with one attached hydrogen (secondary N) is 1. The molecule has 1 heterocycles. The van der Waals surface area contributed by atoms with E-state index >= 15 is 0 Å². The van der Waals surface area contributed by atoms with Crippen molar-refractivity contribution in [3.63, 3.8) is 0 Å². The van der Waals surface area contributed by atoms with E-state index in [1.54, 1.807) is 24.4 Å². The van der Waals surface area contributed by atoms with Crippen molar-refractivity contribution in [3.8, 4) is 5.75 Å².